The van der Waals surface area contributed by atoms with E-state index in [1.54, 1.807) is 18.2 Å². The average molecular weight is 203 g/mol. The summed E-state index contributed by atoms with van der Waals surface area (Å²) in [5.74, 6) is 0.250. The second-order valence-corrected chi connectivity index (χ2v) is 2.76. The third kappa shape index (κ3) is 3.28. The minimum atomic E-state index is -4.30. The van der Waals surface area contributed by atoms with Gasteiger partial charge in [-0.15, -0.1) is 0 Å². The van der Waals surface area contributed by atoms with Gasteiger partial charge in [0.2, 0.25) is 0 Å². The number of alkyl halides is 3. The Morgan fingerprint density at radius 3 is 2.43 bits per heavy atom. The monoisotopic (exact) mass is 203 g/mol. The number of hydrogen-bond donors (Lipinski definition) is 0. The molecule has 1 aromatic carbocycles. The molecule has 0 aliphatic heterocycles. The van der Waals surface area contributed by atoms with Crippen LogP contribution < -0.4 is 4.74 Å². The molecule has 0 aliphatic rings. The van der Waals surface area contributed by atoms with Crippen LogP contribution in [0, 0.1) is 6.92 Å². The van der Waals surface area contributed by atoms with E-state index < -0.39 is 12.8 Å². The molecule has 0 spiro atoms. The van der Waals surface area contributed by atoms with Crippen molar-refractivity contribution in [1.82, 2.24) is 0 Å². The van der Waals surface area contributed by atoms with E-state index >= 15 is 0 Å². The fraction of sp³-hybridized carbons (Fsp3) is 0.300. The van der Waals surface area contributed by atoms with E-state index in [2.05, 4.69) is 11.7 Å². The fourth-order valence-electron chi connectivity index (χ4n) is 1.01. The average Bonchev–Trinajstić information content (AvgIpc) is 2.14. The highest BCUT2D eigenvalue weighted by Crippen LogP contribution is 2.22. The molecule has 4 heteroatoms. The van der Waals surface area contributed by atoms with Gasteiger partial charge < -0.3 is 4.74 Å². The number of para-hydroxylation sites is 1. The molecule has 0 bridgehead atoms. The minimum absolute atomic E-state index is 0.250. The third-order valence-electron chi connectivity index (χ3n) is 1.63. The molecule has 0 fully saturated rings. The van der Waals surface area contributed by atoms with Gasteiger partial charge >= 0.3 is 6.18 Å². The van der Waals surface area contributed by atoms with Gasteiger partial charge in [-0.2, -0.15) is 13.2 Å². The van der Waals surface area contributed by atoms with Crippen molar-refractivity contribution in [2.45, 2.75) is 12.6 Å². The lowest BCUT2D eigenvalue weighted by Gasteiger charge is -2.11. The first kappa shape index (κ1) is 10.9. The van der Waals surface area contributed by atoms with E-state index in [0.717, 1.165) is 0 Å². The van der Waals surface area contributed by atoms with Crippen LogP contribution in [-0.4, -0.2) is 12.8 Å². The predicted octanol–water partition coefficient (Wildman–Crippen LogP) is 3.00. The molecule has 1 aromatic rings. The quantitative estimate of drug-likeness (QED) is 0.733. The Morgan fingerprint density at radius 1 is 1.21 bits per heavy atom. The van der Waals surface area contributed by atoms with E-state index in [0.29, 0.717) is 12.0 Å². The second-order valence-electron chi connectivity index (χ2n) is 2.76. The Hall–Kier alpha value is -1.19. The van der Waals surface area contributed by atoms with Crippen molar-refractivity contribution < 1.29 is 17.9 Å². The van der Waals surface area contributed by atoms with Crippen molar-refractivity contribution in [3.05, 3.63) is 36.8 Å². The summed E-state index contributed by atoms with van der Waals surface area (Å²) < 4.78 is 40.1. The summed E-state index contributed by atoms with van der Waals surface area (Å²) in [6, 6.07) is 6.57. The standard InChI is InChI=1S/C10H10F3O/c1-2-8-5-3-4-6-9(8)14-7-10(11,12)13/h3-6H,1-2,7H2. The summed E-state index contributed by atoms with van der Waals surface area (Å²) in [7, 11) is 0. The van der Waals surface area contributed by atoms with Crippen LogP contribution in [0.25, 0.3) is 0 Å². The lowest BCUT2D eigenvalue weighted by atomic mass is 10.1. The summed E-state index contributed by atoms with van der Waals surface area (Å²) in [5, 5.41) is 0. The van der Waals surface area contributed by atoms with Crippen LogP contribution in [-0.2, 0) is 6.42 Å². The lowest BCUT2D eigenvalue weighted by molar-refractivity contribution is -0.153. The molecular formula is C10H10F3O. The van der Waals surface area contributed by atoms with Crippen LogP contribution in [0.5, 0.6) is 5.75 Å². The molecule has 1 radical (unpaired) electrons. The van der Waals surface area contributed by atoms with E-state index in [1.807, 2.05) is 0 Å². The molecule has 0 aromatic heterocycles. The first-order valence-corrected chi connectivity index (χ1v) is 4.09. The van der Waals surface area contributed by atoms with Crippen LogP contribution in [0.15, 0.2) is 24.3 Å². The number of benzene rings is 1. The molecule has 14 heavy (non-hydrogen) atoms. The maximum Gasteiger partial charge on any atom is 0.422 e. The zero-order valence-electron chi connectivity index (χ0n) is 7.47. The van der Waals surface area contributed by atoms with Gasteiger partial charge in [-0.3, -0.25) is 0 Å². The molecule has 0 atom stereocenters. The van der Waals surface area contributed by atoms with Gasteiger partial charge in [0.05, 0.1) is 0 Å². The van der Waals surface area contributed by atoms with Crippen LogP contribution in [0.4, 0.5) is 13.2 Å². The van der Waals surface area contributed by atoms with Gasteiger partial charge in [0.15, 0.2) is 6.61 Å². The Kier molecular flexibility index (Phi) is 3.38. The van der Waals surface area contributed by atoms with Crippen molar-refractivity contribution in [3.8, 4) is 5.75 Å². The summed E-state index contributed by atoms with van der Waals surface area (Å²) in [6.07, 6.45) is -3.89. The van der Waals surface area contributed by atoms with Crippen LogP contribution >= 0.6 is 0 Å². The summed E-state index contributed by atoms with van der Waals surface area (Å²) >= 11 is 0. The van der Waals surface area contributed by atoms with E-state index in [1.165, 1.54) is 6.07 Å². The lowest BCUT2D eigenvalue weighted by Crippen LogP contribution is -2.19. The zero-order valence-corrected chi connectivity index (χ0v) is 7.47. The Morgan fingerprint density at radius 2 is 1.86 bits per heavy atom. The van der Waals surface area contributed by atoms with Gasteiger partial charge in [0, 0.05) is 0 Å². The SMILES string of the molecule is [CH2]Cc1ccccc1OCC(F)(F)F. The molecule has 0 N–H and O–H groups in total. The highest BCUT2D eigenvalue weighted by Gasteiger charge is 2.28. The Labute approximate surface area is 80.5 Å². The topological polar surface area (TPSA) is 9.23 Å². The van der Waals surface area contributed by atoms with Crippen molar-refractivity contribution in [3.63, 3.8) is 0 Å². The number of rotatable bonds is 3. The van der Waals surface area contributed by atoms with Crippen molar-refractivity contribution in [2.75, 3.05) is 6.61 Å². The molecule has 0 saturated carbocycles. The summed E-state index contributed by atoms with van der Waals surface area (Å²) in [4.78, 5) is 0. The van der Waals surface area contributed by atoms with Crippen LogP contribution in [0.1, 0.15) is 5.56 Å². The van der Waals surface area contributed by atoms with Gasteiger partial charge in [-0.1, -0.05) is 18.2 Å². The van der Waals surface area contributed by atoms with Gasteiger partial charge in [0.1, 0.15) is 5.75 Å². The number of hydrogen-bond acceptors (Lipinski definition) is 1. The number of ether oxygens (including phenoxy) is 1. The molecule has 1 nitrogen and oxygen atoms in total. The van der Waals surface area contributed by atoms with Gasteiger partial charge in [-0.05, 0) is 25.0 Å². The van der Waals surface area contributed by atoms with Gasteiger partial charge in [-0.25, -0.2) is 0 Å². The predicted molar refractivity (Wildman–Crippen MR) is 47.1 cm³/mol. The van der Waals surface area contributed by atoms with Crippen LogP contribution in [0.2, 0.25) is 0 Å². The van der Waals surface area contributed by atoms with E-state index in [9.17, 15) is 13.2 Å². The third-order valence-corrected chi connectivity index (χ3v) is 1.63. The molecule has 0 unspecified atom stereocenters. The highest BCUT2D eigenvalue weighted by molar-refractivity contribution is 5.33. The highest BCUT2D eigenvalue weighted by atomic mass is 19.4. The Bertz CT molecular complexity index is 294. The van der Waals surface area contributed by atoms with Gasteiger partial charge in [0.25, 0.3) is 0 Å². The number of halogens is 3. The Balaban J connectivity index is 2.67. The molecule has 77 valence electrons. The first-order valence-electron chi connectivity index (χ1n) is 4.09. The molecule has 0 heterocycles. The maximum absolute atomic E-state index is 11.8. The van der Waals surface area contributed by atoms with E-state index in [-0.39, 0.29) is 5.75 Å². The van der Waals surface area contributed by atoms with Crippen LogP contribution in [0.3, 0.4) is 0 Å². The molecule has 0 saturated heterocycles. The summed E-state index contributed by atoms with van der Waals surface area (Å²) in [5.41, 5.74) is 0.678. The first-order chi connectivity index (χ1) is 6.53. The van der Waals surface area contributed by atoms with Crippen molar-refractivity contribution in [1.29, 1.82) is 0 Å². The normalized spacial score (nSPS) is 11.4. The minimum Gasteiger partial charge on any atom is -0.484 e. The molecule has 0 aliphatic carbocycles. The molecule has 0 amide bonds. The smallest absolute Gasteiger partial charge is 0.422 e. The van der Waals surface area contributed by atoms with E-state index in [4.69, 9.17) is 0 Å². The van der Waals surface area contributed by atoms with Crippen molar-refractivity contribution >= 4 is 0 Å². The second kappa shape index (κ2) is 4.35. The zero-order chi connectivity index (χ0) is 10.6. The molecular weight excluding hydrogens is 193 g/mol. The molecule has 1 rings (SSSR count). The maximum atomic E-state index is 11.8. The fourth-order valence-corrected chi connectivity index (χ4v) is 1.01. The largest absolute Gasteiger partial charge is 0.484 e. The summed E-state index contributed by atoms with van der Waals surface area (Å²) in [6.45, 7) is 2.34. The van der Waals surface area contributed by atoms with Crippen molar-refractivity contribution in [2.24, 2.45) is 0 Å².